The molecule has 158 valence electrons. The first-order chi connectivity index (χ1) is 14.6. The number of halogens is 1. The number of quaternary nitrogens is 1. The Bertz CT molecular complexity index is 1060. The SMILES string of the molecule is COc1ccc(F)cc1C[NH+]1CCN(c2ncnc3sc4c(c23)C[C@H](C)CC4)CC1. The zero-order chi connectivity index (χ0) is 20.7. The van der Waals surface area contributed by atoms with Crippen LogP contribution in [0, 0.1) is 11.7 Å². The summed E-state index contributed by atoms with van der Waals surface area (Å²) in [4.78, 5) is 15.8. The Labute approximate surface area is 180 Å². The quantitative estimate of drug-likeness (QED) is 0.695. The number of hydrogen-bond acceptors (Lipinski definition) is 5. The van der Waals surface area contributed by atoms with Gasteiger partial charge in [0, 0.05) is 4.88 Å². The van der Waals surface area contributed by atoms with Gasteiger partial charge in [0.05, 0.1) is 44.2 Å². The summed E-state index contributed by atoms with van der Waals surface area (Å²) in [6.07, 6.45) is 5.30. The number of ether oxygens (including phenoxy) is 1. The molecule has 3 heterocycles. The van der Waals surface area contributed by atoms with E-state index in [2.05, 4.69) is 16.8 Å². The molecule has 0 spiro atoms. The van der Waals surface area contributed by atoms with Crippen LogP contribution >= 0.6 is 11.3 Å². The molecule has 30 heavy (non-hydrogen) atoms. The Morgan fingerprint density at radius 1 is 1.27 bits per heavy atom. The number of methoxy groups -OCH3 is 1. The first-order valence-corrected chi connectivity index (χ1v) is 11.6. The normalized spacial score (nSPS) is 19.8. The van der Waals surface area contributed by atoms with Crippen LogP contribution in [-0.4, -0.2) is 43.3 Å². The summed E-state index contributed by atoms with van der Waals surface area (Å²) in [7, 11) is 1.65. The summed E-state index contributed by atoms with van der Waals surface area (Å²) in [5.41, 5.74) is 2.43. The second-order valence-corrected chi connectivity index (χ2v) is 9.68. The molecule has 0 radical (unpaired) electrons. The summed E-state index contributed by atoms with van der Waals surface area (Å²) < 4.78 is 19.1. The number of aryl methyl sites for hydroxylation is 1. The molecule has 3 aromatic rings. The molecule has 1 saturated heterocycles. The van der Waals surface area contributed by atoms with Gasteiger partial charge in [0.1, 0.15) is 35.1 Å². The molecule has 5 rings (SSSR count). The second kappa shape index (κ2) is 8.12. The Morgan fingerprint density at radius 2 is 2.10 bits per heavy atom. The van der Waals surface area contributed by atoms with Crippen molar-refractivity contribution in [3.63, 3.8) is 0 Å². The van der Waals surface area contributed by atoms with Gasteiger partial charge >= 0.3 is 0 Å². The molecular weight excluding hydrogens is 399 g/mol. The third-order valence-corrected chi connectivity index (χ3v) is 7.72. The first kappa shape index (κ1) is 19.7. The smallest absolute Gasteiger partial charge is 0.141 e. The van der Waals surface area contributed by atoms with Crippen molar-refractivity contribution < 1.29 is 14.0 Å². The number of aromatic nitrogens is 2. The van der Waals surface area contributed by atoms with E-state index in [-0.39, 0.29) is 5.82 Å². The molecule has 2 aromatic heterocycles. The van der Waals surface area contributed by atoms with Crippen LogP contribution in [0.4, 0.5) is 10.2 Å². The van der Waals surface area contributed by atoms with E-state index < -0.39 is 0 Å². The highest BCUT2D eigenvalue weighted by Crippen LogP contribution is 2.40. The van der Waals surface area contributed by atoms with Crippen molar-refractivity contribution in [1.29, 1.82) is 0 Å². The predicted octanol–water partition coefficient (Wildman–Crippen LogP) is 2.87. The van der Waals surface area contributed by atoms with Gasteiger partial charge < -0.3 is 14.5 Å². The Hall–Kier alpha value is -2.25. The number of hydrogen-bond donors (Lipinski definition) is 1. The Morgan fingerprint density at radius 3 is 2.90 bits per heavy atom. The van der Waals surface area contributed by atoms with Crippen molar-refractivity contribution in [2.24, 2.45) is 5.92 Å². The summed E-state index contributed by atoms with van der Waals surface area (Å²) in [6.45, 7) is 7.00. The van der Waals surface area contributed by atoms with Crippen LogP contribution in [0.3, 0.4) is 0 Å². The van der Waals surface area contributed by atoms with Crippen molar-refractivity contribution in [3.05, 3.63) is 46.3 Å². The molecule has 1 fully saturated rings. The second-order valence-electron chi connectivity index (χ2n) is 8.60. The van der Waals surface area contributed by atoms with Gasteiger partial charge in [-0.3, -0.25) is 0 Å². The van der Waals surface area contributed by atoms with E-state index in [4.69, 9.17) is 9.72 Å². The average molecular weight is 428 g/mol. The van der Waals surface area contributed by atoms with Crippen LogP contribution in [-0.2, 0) is 19.4 Å². The first-order valence-electron chi connectivity index (χ1n) is 10.8. The fraction of sp³-hybridized carbons (Fsp3) is 0.478. The molecule has 0 saturated carbocycles. The van der Waals surface area contributed by atoms with Crippen LogP contribution in [0.25, 0.3) is 10.2 Å². The predicted molar refractivity (Wildman–Crippen MR) is 118 cm³/mol. The van der Waals surface area contributed by atoms with E-state index in [0.29, 0.717) is 0 Å². The van der Waals surface area contributed by atoms with Crippen LogP contribution in [0.2, 0.25) is 0 Å². The number of piperazine rings is 1. The van der Waals surface area contributed by atoms with Crippen LogP contribution in [0.5, 0.6) is 5.75 Å². The van der Waals surface area contributed by atoms with Crippen molar-refractivity contribution in [3.8, 4) is 5.75 Å². The van der Waals surface area contributed by atoms with Gasteiger partial charge in [-0.2, -0.15) is 0 Å². The molecule has 0 bridgehead atoms. The summed E-state index contributed by atoms with van der Waals surface area (Å²) >= 11 is 1.86. The maximum atomic E-state index is 13.7. The lowest BCUT2D eigenvalue weighted by Crippen LogP contribution is -3.13. The van der Waals surface area contributed by atoms with Gasteiger partial charge in [-0.15, -0.1) is 11.3 Å². The molecular formula is C23H28FN4OS+. The van der Waals surface area contributed by atoms with E-state index in [9.17, 15) is 4.39 Å². The third-order valence-electron chi connectivity index (χ3n) is 6.52. The topological polar surface area (TPSA) is 42.7 Å². The largest absolute Gasteiger partial charge is 0.496 e. The molecule has 1 aliphatic heterocycles. The van der Waals surface area contributed by atoms with Gasteiger partial charge in [0.25, 0.3) is 0 Å². The fourth-order valence-corrected chi connectivity index (χ4v) is 6.05. The van der Waals surface area contributed by atoms with Crippen molar-refractivity contribution in [1.82, 2.24) is 9.97 Å². The highest BCUT2D eigenvalue weighted by molar-refractivity contribution is 7.19. The van der Waals surface area contributed by atoms with Gasteiger partial charge in [0.15, 0.2) is 0 Å². The number of thiophene rings is 1. The number of nitrogens with one attached hydrogen (secondary N) is 1. The van der Waals surface area contributed by atoms with Gasteiger partial charge in [0.2, 0.25) is 0 Å². The lowest BCUT2D eigenvalue weighted by atomic mass is 9.88. The molecule has 5 nitrogen and oxygen atoms in total. The van der Waals surface area contributed by atoms with Crippen LogP contribution in [0.1, 0.15) is 29.3 Å². The van der Waals surface area contributed by atoms with Crippen LogP contribution < -0.4 is 14.5 Å². The van der Waals surface area contributed by atoms with E-state index in [0.717, 1.165) is 67.0 Å². The summed E-state index contributed by atoms with van der Waals surface area (Å²) in [5, 5.41) is 1.29. The molecule has 1 aliphatic carbocycles. The van der Waals surface area contributed by atoms with Gasteiger partial charge in [-0.25, -0.2) is 14.4 Å². The zero-order valence-corrected chi connectivity index (χ0v) is 18.4. The third kappa shape index (κ3) is 3.65. The Kier molecular flexibility index (Phi) is 5.33. The number of anilines is 1. The minimum Gasteiger partial charge on any atom is -0.496 e. The van der Waals surface area contributed by atoms with Crippen LogP contribution in [0.15, 0.2) is 24.5 Å². The van der Waals surface area contributed by atoms with E-state index in [1.165, 1.54) is 39.6 Å². The number of rotatable bonds is 4. The molecule has 0 amide bonds. The Balaban J connectivity index is 1.35. The zero-order valence-electron chi connectivity index (χ0n) is 17.6. The van der Waals surface area contributed by atoms with E-state index in [1.807, 2.05) is 11.3 Å². The summed E-state index contributed by atoms with van der Waals surface area (Å²) in [5.74, 6) is 2.39. The van der Waals surface area contributed by atoms with Gasteiger partial charge in [-0.1, -0.05) is 6.92 Å². The number of nitrogens with zero attached hydrogens (tertiary/aromatic N) is 3. The van der Waals surface area contributed by atoms with Gasteiger partial charge in [-0.05, 0) is 48.9 Å². The lowest BCUT2D eigenvalue weighted by Gasteiger charge is -2.33. The lowest BCUT2D eigenvalue weighted by molar-refractivity contribution is -0.914. The minimum atomic E-state index is -0.205. The maximum absolute atomic E-state index is 13.7. The highest BCUT2D eigenvalue weighted by Gasteiger charge is 2.28. The number of fused-ring (bicyclic) bond motifs is 3. The molecule has 0 unspecified atom stereocenters. The maximum Gasteiger partial charge on any atom is 0.141 e. The van der Waals surface area contributed by atoms with E-state index >= 15 is 0 Å². The minimum absolute atomic E-state index is 0.205. The summed E-state index contributed by atoms with van der Waals surface area (Å²) in [6, 6.07) is 4.78. The monoisotopic (exact) mass is 427 g/mol. The molecule has 2 aliphatic rings. The molecule has 1 atom stereocenters. The van der Waals surface area contributed by atoms with Crippen molar-refractivity contribution in [2.75, 3.05) is 38.2 Å². The standard InChI is InChI=1S/C23H27FN4OS/c1-15-3-6-20-18(11-15)21-22(25-14-26-23(21)30-20)28-9-7-27(8-10-28)13-16-12-17(24)4-5-19(16)29-2/h4-5,12,14-15H,3,6-11,13H2,1-2H3/p+1/t15-/m1/s1. The fourth-order valence-electron chi connectivity index (χ4n) is 4.87. The van der Waals surface area contributed by atoms with Crippen molar-refractivity contribution >= 4 is 27.4 Å². The van der Waals surface area contributed by atoms with E-state index in [1.54, 1.807) is 25.6 Å². The highest BCUT2D eigenvalue weighted by atomic mass is 32.1. The molecule has 1 aromatic carbocycles. The van der Waals surface area contributed by atoms with Crippen molar-refractivity contribution in [2.45, 2.75) is 32.7 Å². The molecule has 7 heteroatoms. The molecule has 1 N–H and O–H groups in total. The average Bonchev–Trinajstić information content (AvgIpc) is 3.12. The number of benzene rings is 1.